The number of para-hydroxylation sites is 1. The summed E-state index contributed by atoms with van der Waals surface area (Å²) in [6.07, 6.45) is 0. The first kappa shape index (κ1) is 52.1. The molecule has 15 rings (SSSR count). The fourth-order valence-corrected chi connectivity index (χ4v) is 12.5. The lowest BCUT2D eigenvalue weighted by Gasteiger charge is -2.22. The van der Waals surface area contributed by atoms with Crippen LogP contribution < -0.4 is 0 Å². The summed E-state index contributed by atoms with van der Waals surface area (Å²) in [7, 11) is 0. The highest BCUT2D eigenvalue weighted by atomic mass is 15.0. The van der Waals surface area contributed by atoms with Gasteiger partial charge in [0.1, 0.15) is 0 Å². The number of nitrogens with zero attached hydrogens (tertiary/aromatic N) is 8. The molecule has 0 aliphatic rings. The van der Waals surface area contributed by atoms with Crippen LogP contribution in [-0.4, -0.2) is 19.1 Å². The lowest BCUT2D eigenvalue weighted by molar-refractivity contribution is 1.15. The molecular weight excluding hydrogens is 1070 g/mol. The molecule has 0 N–H and O–H groups in total. The van der Waals surface area contributed by atoms with Gasteiger partial charge in [-0.1, -0.05) is 164 Å². The molecular formula is C80H46N8. The van der Waals surface area contributed by atoms with Gasteiger partial charge in [-0.05, 0) is 160 Å². The summed E-state index contributed by atoms with van der Waals surface area (Å²) in [6, 6.07) is 104. The van der Waals surface area contributed by atoms with Crippen LogP contribution in [-0.2, 0) is 0 Å². The molecule has 0 amide bonds. The molecule has 3 heterocycles. The third kappa shape index (κ3) is 9.17. The van der Waals surface area contributed by atoms with Crippen molar-refractivity contribution in [3.8, 4) is 125 Å². The molecule has 0 spiro atoms. The van der Waals surface area contributed by atoms with Crippen molar-refractivity contribution in [3.63, 3.8) is 0 Å². The summed E-state index contributed by atoms with van der Waals surface area (Å²) in [5.41, 5.74) is 21.7. The molecule has 0 aliphatic carbocycles. The molecule has 8 heteroatoms. The maximum absolute atomic E-state index is 10.0. The molecule has 0 bridgehead atoms. The molecule has 8 nitrogen and oxygen atoms in total. The Balaban J connectivity index is 1.05. The highest BCUT2D eigenvalue weighted by Gasteiger charge is 2.26. The largest absolute Gasteiger partial charge is 0.309 e. The minimum Gasteiger partial charge on any atom is -0.309 e. The second-order valence-corrected chi connectivity index (χ2v) is 21.8. The molecule has 0 unspecified atom stereocenters. The first-order valence-electron chi connectivity index (χ1n) is 28.8. The van der Waals surface area contributed by atoms with Crippen molar-refractivity contribution < 1.29 is 0 Å². The van der Waals surface area contributed by atoms with E-state index in [0.717, 1.165) is 139 Å². The Bertz CT molecular complexity index is 5220. The maximum Gasteiger partial charge on any atom is 0.160 e. The summed E-state index contributed by atoms with van der Waals surface area (Å²) >= 11 is 0. The first-order valence-corrected chi connectivity index (χ1v) is 28.8. The quantitative estimate of drug-likeness (QED) is 0.134. The topological polar surface area (TPSA) is 131 Å². The van der Waals surface area contributed by atoms with Crippen LogP contribution in [0.5, 0.6) is 0 Å². The molecule has 0 aliphatic heterocycles. The van der Waals surface area contributed by atoms with E-state index in [4.69, 9.17) is 9.97 Å². The van der Waals surface area contributed by atoms with Gasteiger partial charge in [-0.15, -0.1) is 0 Å². The molecule has 0 radical (unpaired) electrons. The fourth-order valence-electron chi connectivity index (χ4n) is 12.5. The Morgan fingerprint density at radius 3 is 1.01 bits per heavy atom. The van der Waals surface area contributed by atoms with Gasteiger partial charge in [0.25, 0.3) is 0 Å². The van der Waals surface area contributed by atoms with Gasteiger partial charge in [-0.3, -0.25) is 0 Å². The summed E-state index contributed by atoms with van der Waals surface area (Å²) in [5.74, 6) is 0.592. The third-order valence-corrected chi connectivity index (χ3v) is 16.6. The third-order valence-electron chi connectivity index (χ3n) is 16.6. The Morgan fingerprint density at radius 1 is 0.250 bits per heavy atom. The smallest absolute Gasteiger partial charge is 0.160 e. The second kappa shape index (κ2) is 21.8. The molecule has 12 aromatic carbocycles. The van der Waals surface area contributed by atoms with E-state index in [9.17, 15) is 21.0 Å². The van der Waals surface area contributed by atoms with E-state index in [2.05, 4.69) is 167 Å². The lowest BCUT2D eigenvalue weighted by atomic mass is 9.93. The van der Waals surface area contributed by atoms with E-state index >= 15 is 0 Å². The average Bonchev–Trinajstić information content (AvgIpc) is 3.91. The van der Waals surface area contributed by atoms with Crippen LogP contribution in [0.1, 0.15) is 22.3 Å². The van der Waals surface area contributed by atoms with Crippen molar-refractivity contribution in [1.82, 2.24) is 19.1 Å². The van der Waals surface area contributed by atoms with E-state index in [0.29, 0.717) is 28.1 Å². The zero-order chi connectivity index (χ0) is 59.2. The van der Waals surface area contributed by atoms with Gasteiger partial charge in [-0.2, -0.15) is 21.0 Å². The van der Waals surface area contributed by atoms with E-state index in [1.54, 1.807) is 0 Å². The van der Waals surface area contributed by atoms with Crippen molar-refractivity contribution >= 4 is 43.6 Å². The van der Waals surface area contributed by atoms with Crippen molar-refractivity contribution in [3.05, 3.63) is 301 Å². The van der Waals surface area contributed by atoms with Crippen LogP contribution in [0.2, 0.25) is 0 Å². The lowest BCUT2D eigenvalue weighted by Crippen LogP contribution is -2.04. The van der Waals surface area contributed by atoms with Gasteiger partial charge < -0.3 is 9.13 Å². The predicted octanol–water partition coefficient (Wildman–Crippen LogP) is 19.5. The first-order chi connectivity index (χ1) is 43.4. The monoisotopic (exact) mass is 1120 g/mol. The van der Waals surface area contributed by atoms with Crippen LogP contribution in [0, 0.1) is 45.3 Å². The van der Waals surface area contributed by atoms with E-state index in [1.807, 2.05) is 146 Å². The molecule has 0 atom stereocenters. The van der Waals surface area contributed by atoms with Gasteiger partial charge in [0.2, 0.25) is 0 Å². The van der Waals surface area contributed by atoms with Crippen LogP contribution >= 0.6 is 0 Å². The molecule has 3 aromatic heterocycles. The normalized spacial score (nSPS) is 11.1. The van der Waals surface area contributed by atoms with E-state index in [1.165, 1.54) is 0 Å². The second-order valence-electron chi connectivity index (χ2n) is 21.8. The molecule has 0 fully saturated rings. The molecule has 88 heavy (non-hydrogen) atoms. The number of rotatable bonds is 10. The van der Waals surface area contributed by atoms with Crippen molar-refractivity contribution in [2.75, 3.05) is 0 Å². The predicted molar refractivity (Wildman–Crippen MR) is 353 cm³/mol. The van der Waals surface area contributed by atoms with Crippen LogP contribution in [0.4, 0.5) is 0 Å². The van der Waals surface area contributed by atoms with Gasteiger partial charge in [0, 0.05) is 49.4 Å². The number of nitriles is 4. The minimum atomic E-state index is 0.579. The number of aromatic nitrogens is 4. The summed E-state index contributed by atoms with van der Waals surface area (Å²) in [5, 5.41) is 44.1. The number of hydrogen-bond acceptors (Lipinski definition) is 6. The van der Waals surface area contributed by atoms with Crippen molar-refractivity contribution in [2.45, 2.75) is 0 Å². The summed E-state index contributed by atoms with van der Waals surface area (Å²) < 4.78 is 4.74. The van der Waals surface area contributed by atoms with Crippen LogP contribution in [0.15, 0.2) is 279 Å². The maximum atomic E-state index is 10.0. The Labute approximate surface area is 507 Å². The molecule has 0 saturated carbocycles. The van der Waals surface area contributed by atoms with Gasteiger partial charge >= 0.3 is 0 Å². The van der Waals surface area contributed by atoms with Gasteiger partial charge in [-0.25, -0.2) is 9.97 Å². The Morgan fingerprint density at radius 2 is 0.580 bits per heavy atom. The fraction of sp³-hybridized carbons (Fsp3) is 0. The summed E-state index contributed by atoms with van der Waals surface area (Å²) in [6.45, 7) is 0. The number of benzene rings is 12. The highest BCUT2D eigenvalue weighted by Crippen LogP contribution is 2.47. The highest BCUT2D eigenvalue weighted by molar-refractivity contribution is 6.14. The van der Waals surface area contributed by atoms with Crippen molar-refractivity contribution in [2.24, 2.45) is 0 Å². The minimum absolute atomic E-state index is 0.579. The van der Waals surface area contributed by atoms with Crippen LogP contribution in [0.25, 0.3) is 145 Å². The van der Waals surface area contributed by atoms with Gasteiger partial charge in [0.15, 0.2) is 5.82 Å². The number of hydrogen-bond donors (Lipinski definition) is 0. The Kier molecular flexibility index (Phi) is 12.9. The zero-order valence-electron chi connectivity index (χ0n) is 47.1. The number of fused-ring (bicyclic) bond motifs is 6. The molecule has 0 saturated heterocycles. The van der Waals surface area contributed by atoms with Gasteiger partial charge in [0.05, 0.1) is 91.4 Å². The molecule has 15 aromatic rings. The Hall–Kier alpha value is -12.7. The van der Waals surface area contributed by atoms with Crippen LogP contribution in [0.3, 0.4) is 0 Å². The van der Waals surface area contributed by atoms with E-state index < -0.39 is 0 Å². The van der Waals surface area contributed by atoms with E-state index in [-0.39, 0.29) is 0 Å². The average molecular weight is 1120 g/mol. The van der Waals surface area contributed by atoms with Crippen molar-refractivity contribution in [1.29, 1.82) is 21.0 Å². The SMILES string of the molecule is N#Cc1cccc(-c2ccc3c(c2)c2cc(-c4cccc(C#N)c4)ccc2n3-c2ccccc2-c2c(-c3cc(-c4ccccc4)nc(-c4ccccc4)n3)cccc2-n2c3ccc(-c4cccc(C#N)c4)cc3c3cc(-c4cccc(C#N)c4)ccc32)c1. The summed E-state index contributed by atoms with van der Waals surface area (Å²) in [4.78, 5) is 10.8. The standard InChI is InChI=1S/C80H46N8/c81-47-51-14-9-22-57(38-51)61-30-34-74-67(42-61)68-43-62(58-23-10-15-52(39-58)48-82)31-35-75(68)87(74)73-28-8-7-26-66(73)79-65(72-46-71(55-18-3-1-4-19-55)85-80(86-72)56-20-5-2-6-21-56)27-13-29-78(79)88-76-36-32-63(59-24-11-16-53(40-59)49-83)44-69(76)70-45-64(33-37-77(70)88)60-25-12-17-54(41-60)50-84/h1-46H. The molecule has 406 valence electrons. The zero-order valence-corrected chi connectivity index (χ0v) is 47.1.